The second kappa shape index (κ2) is 6.41. The molecule has 2 fully saturated rings. The summed E-state index contributed by atoms with van der Waals surface area (Å²) in [4.78, 5) is 12.4. The van der Waals surface area contributed by atoms with Crippen molar-refractivity contribution in [2.45, 2.75) is 58.3 Å². The Morgan fingerprint density at radius 2 is 1.95 bits per heavy atom. The molecule has 1 saturated carbocycles. The van der Waals surface area contributed by atoms with Gasteiger partial charge in [-0.15, -0.1) is 0 Å². The molecule has 0 bridgehead atoms. The largest absolute Gasteiger partial charge is 0.460 e. The first-order chi connectivity index (χ1) is 10.6. The first-order valence-corrected chi connectivity index (χ1v) is 8.47. The lowest BCUT2D eigenvalue weighted by Gasteiger charge is -2.36. The van der Waals surface area contributed by atoms with Crippen LogP contribution in [0.5, 0.6) is 0 Å². The maximum absolute atomic E-state index is 12.4. The highest BCUT2D eigenvalue weighted by Gasteiger charge is 2.48. The lowest BCUT2D eigenvalue weighted by atomic mass is 9.75. The average Bonchev–Trinajstić information content (AvgIpc) is 3.28. The van der Waals surface area contributed by atoms with Gasteiger partial charge in [0.2, 0.25) is 0 Å². The van der Waals surface area contributed by atoms with Crippen LogP contribution >= 0.6 is 0 Å². The van der Waals surface area contributed by atoms with Crippen LogP contribution in [-0.2, 0) is 14.3 Å². The fourth-order valence-electron chi connectivity index (χ4n) is 3.65. The van der Waals surface area contributed by atoms with E-state index in [1.54, 1.807) is 0 Å². The number of ether oxygens (including phenoxy) is 2. The van der Waals surface area contributed by atoms with E-state index >= 15 is 0 Å². The minimum atomic E-state index is -0.410. The SMILES string of the molecule is CC(C)[C@@H]1CC[C@@H](C)C[C@H]1OC(=O)C1OC1c1ccccc1. The maximum Gasteiger partial charge on any atom is 0.338 e. The molecule has 120 valence electrons. The van der Waals surface area contributed by atoms with Crippen LogP contribution in [0.25, 0.3) is 0 Å². The van der Waals surface area contributed by atoms with Crippen molar-refractivity contribution in [3.63, 3.8) is 0 Å². The molecule has 1 aliphatic carbocycles. The highest BCUT2D eigenvalue weighted by molar-refractivity contribution is 5.78. The van der Waals surface area contributed by atoms with Crippen LogP contribution in [0, 0.1) is 17.8 Å². The predicted molar refractivity (Wildman–Crippen MR) is 85.3 cm³/mol. The number of carbonyl (C=O) groups is 1. The number of benzene rings is 1. The number of carbonyl (C=O) groups excluding carboxylic acids is 1. The molecular formula is C19H26O3. The molecule has 3 nitrogen and oxygen atoms in total. The van der Waals surface area contributed by atoms with E-state index < -0.39 is 6.10 Å². The Hall–Kier alpha value is -1.35. The van der Waals surface area contributed by atoms with Crippen molar-refractivity contribution < 1.29 is 14.3 Å². The molecule has 2 unspecified atom stereocenters. The van der Waals surface area contributed by atoms with Gasteiger partial charge in [-0.3, -0.25) is 0 Å². The third kappa shape index (κ3) is 3.35. The summed E-state index contributed by atoms with van der Waals surface area (Å²) < 4.78 is 11.4. The maximum atomic E-state index is 12.4. The quantitative estimate of drug-likeness (QED) is 0.620. The topological polar surface area (TPSA) is 38.8 Å². The number of rotatable bonds is 4. The third-order valence-electron chi connectivity index (χ3n) is 5.08. The molecule has 1 aromatic rings. The molecular weight excluding hydrogens is 276 g/mol. The van der Waals surface area contributed by atoms with Crippen molar-refractivity contribution in [1.29, 1.82) is 0 Å². The standard InChI is InChI=1S/C19H26O3/c1-12(2)15-10-9-13(3)11-16(15)21-19(20)18-17(22-18)14-7-5-4-6-8-14/h4-8,12-13,15-18H,9-11H2,1-3H3/t13-,15+,16-,17?,18?/m1/s1. The second-order valence-electron chi connectivity index (χ2n) is 7.19. The van der Waals surface area contributed by atoms with Gasteiger partial charge in [0, 0.05) is 0 Å². The molecule has 5 atom stereocenters. The van der Waals surface area contributed by atoms with Crippen molar-refractivity contribution in [3.05, 3.63) is 35.9 Å². The van der Waals surface area contributed by atoms with Crippen molar-refractivity contribution >= 4 is 5.97 Å². The van der Waals surface area contributed by atoms with Crippen LogP contribution in [-0.4, -0.2) is 18.2 Å². The van der Waals surface area contributed by atoms with Gasteiger partial charge in [-0.1, -0.05) is 57.5 Å². The van der Waals surface area contributed by atoms with Crippen LogP contribution in [0.2, 0.25) is 0 Å². The summed E-state index contributed by atoms with van der Waals surface area (Å²) in [6, 6.07) is 9.90. The van der Waals surface area contributed by atoms with E-state index in [1.807, 2.05) is 30.3 Å². The van der Waals surface area contributed by atoms with E-state index in [9.17, 15) is 4.79 Å². The Morgan fingerprint density at radius 1 is 1.23 bits per heavy atom. The minimum absolute atomic E-state index is 0.0527. The fourth-order valence-corrected chi connectivity index (χ4v) is 3.65. The first-order valence-electron chi connectivity index (χ1n) is 8.47. The summed E-state index contributed by atoms with van der Waals surface area (Å²) in [6.45, 7) is 6.70. The van der Waals surface area contributed by atoms with E-state index in [2.05, 4.69) is 20.8 Å². The highest BCUT2D eigenvalue weighted by atomic mass is 16.6. The smallest absolute Gasteiger partial charge is 0.338 e. The van der Waals surface area contributed by atoms with Crippen molar-refractivity contribution in [2.75, 3.05) is 0 Å². The number of epoxide rings is 1. The van der Waals surface area contributed by atoms with Crippen molar-refractivity contribution in [2.24, 2.45) is 17.8 Å². The van der Waals surface area contributed by atoms with Crippen LogP contribution in [0.4, 0.5) is 0 Å². The Bertz CT molecular complexity index is 511. The Kier molecular flexibility index (Phi) is 4.53. The van der Waals surface area contributed by atoms with E-state index in [4.69, 9.17) is 9.47 Å². The third-order valence-corrected chi connectivity index (χ3v) is 5.08. The summed E-state index contributed by atoms with van der Waals surface area (Å²) >= 11 is 0. The summed E-state index contributed by atoms with van der Waals surface area (Å²) in [5, 5.41) is 0. The normalized spacial score (nSPS) is 34.5. The zero-order chi connectivity index (χ0) is 15.7. The number of hydrogen-bond acceptors (Lipinski definition) is 3. The van der Waals surface area contributed by atoms with E-state index in [-0.39, 0.29) is 18.2 Å². The fraction of sp³-hybridized carbons (Fsp3) is 0.632. The minimum Gasteiger partial charge on any atom is -0.460 e. The zero-order valence-corrected chi connectivity index (χ0v) is 13.7. The van der Waals surface area contributed by atoms with E-state index in [1.165, 1.54) is 6.42 Å². The Balaban J connectivity index is 1.59. The molecule has 0 amide bonds. The first kappa shape index (κ1) is 15.5. The zero-order valence-electron chi connectivity index (χ0n) is 13.7. The molecule has 3 heteroatoms. The molecule has 2 aliphatic rings. The second-order valence-corrected chi connectivity index (χ2v) is 7.19. The molecule has 1 aromatic carbocycles. The van der Waals surface area contributed by atoms with Gasteiger partial charge in [0.1, 0.15) is 12.2 Å². The average molecular weight is 302 g/mol. The van der Waals surface area contributed by atoms with Gasteiger partial charge >= 0.3 is 5.97 Å². The van der Waals surface area contributed by atoms with Crippen LogP contribution in [0.15, 0.2) is 30.3 Å². The molecule has 1 aliphatic heterocycles. The summed E-state index contributed by atoms with van der Waals surface area (Å²) in [5.74, 6) is 1.49. The molecule has 3 rings (SSSR count). The molecule has 0 N–H and O–H groups in total. The van der Waals surface area contributed by atoms with Crippen LogP contribution < -0.4 is 0 Å². The summed E-state index contributed by atoms with van der Waals surface area (Å²) in [5.41, 5.74) is 1.06. The number of hydrogen-bond donors (Lipinski definition) is 0. The van der Waals surface area contributed by atoms with E-state index in [0.717, 1.165) is 18.4 Å². The summed E-state index contributed by atoms with van der Waals surface area (Å²) in [7, 11) is 0. The summed E-state index contributed by atoms with van der Waals surface area (Å²) in [6.07, 6.45) is 2.90. The van der Waals surface area contributed by atoms with Crippen molar-refractivity contribution in [1.82, 2.24) is 0 Å². The van der Waals surface area contributed by atoms with Gasteiger partial charge in [0.15, 0.2) is 6.10 Å². The van der Waals surface area contributed by atoms with Gasteiger partial charge in [0.05, 0.1) is 0 Å². The lowest BCUT2D eigenvalue weighted by Crippen LogP contribution is -2.36. The van der Waals surface area contributed by atoms with Gasteiger partial charge in [0.25, 0.3) is 0 Å². The Morgan fingerprint density at radius 3 is 2.64 bits per heavy atom. The predicted octanol–water partition coefficient (Wildman–Crippen LogP) is 4.13. The van der Waals surface area contributed by atoms with Crippen molar-refractivity contribution in [3.8, 4) is 0 Å². The molecule has 22 heavy (non-hydrogen) atoms. The van der Waals surface area contributed by atoms with E-state index in [0.29, 0.717) is 17.8 Å². The Labute approximate surface area is 133 Å². The lowest BCUT2D eigenvalue weighted by molar-refractivity contribution is -0.157. The number of esters is 1. The molecule has 0 spiro atoms. The van der Waals surface area contributed by atoms with Gasteiger partial charge in [-0.25, -0.2) is 4.79 Å². The highest BCUT2D eigenvalue weighted by Crippen LogP contribution is 2.41. The van der Waals surface area contributed by atoms with Gasteiger partial charge in [-0.05, 0) is 36.2 Å². The van der Waals surface area contributed by atoms with Gasteiger partial charge in [-0.2, -0.15) is 0 Å². The molecule has 1 saturated heterocycles. The van der Waals surface area contributed by atoms with Crippen LogP contribution in [0.3, 0.4) is 0 Å². The molecule has 1 heterocycles. The molecule has 0 aromatic heterocycles. The van der Waals surface area contributed by atoms with Crippen LogP contribution in [0.1, 0.15) is 51.7 Å². The van der Waals surface area contributed by atoms with Gasteiger partial charge < -0.3 is 9.47 Å². The molecule has 0 radical (unpaired) electrons. The monoisotopic (exact) mass is 302 g/mol.